The van der Waals surface area contributed by atoms with Crippen LogP contribution in [0.3, 0.4) is 0 Å². The number of benzene rings is 1. The maximum absolute atomic E-state index is 15.2. The number of tetrazole rings is 1. The van der Waals surface area contributed by atoms with Gasteiger partial charge in [0.2, 0.25) is 5.95 Å². The molecule has 2 aromatic heterocycles. The van der Waals surface area contributed by atoms with Gasteiger partial charge in [0.15, 0.2) is 17.5 Å². The average molecular weight is 560 g/mol. The summed E-state index contributed by atoms with van der Waals surface area (Å²) in [5.41, 5.74) is -1.84. The van der Waals surface area contributed by atoms with Crippen LogP contribution in [0.1, 0.15) is 53.4 Å². The number of rotatable bonds is 8. The molecule has 40 heavy (non-hydrogen) atoms. The highest BCUT2D eigenvalue weighted by molar-refractivity contribution is 5.63. The number of nitrogens with zero attached hydrogens (tertiary/aromatic N) is 7. The number of aromatic nitrogens is 6. The summed E-state index contributed by atoms with van der Waals surface area (Å²) >= 11 is 0. The Labute approximate surface area is 230 Å². The molecule has 3 aromatic rings. The summed E-state index contributed by atoms with van der Waals surface area (Å²) in [5.74, 6) is -1.40. The molecule has 1 aromatic carbocycles. The molecular formula is C26H35F2N9O3. The van der Waals surface area contributed by atoms with Crippen molar-refractivity contribution in [2.75, 3.05) is 23.8 Å². The lowest BCUT2D eigenvalue weighted by molar-refractivity contribution is 0.0283. The predicted molar refractivity (Wildman–Crippen MR) is 144 cm³/mol. The zero-order valence-corrected chi connectivity index (χ0v) is 23.3. The summed E-state index contributed by atoms with van der Waals surface area (Å²) in [5, 5.41) is 23.6. The van der Waals surface area contributed by atoms with E-state index in [1.807, 2.05) is 0 Å². The van der Waals surface area contributed by atoms with Crippen molar-refractivity contribution in [3.8, 4) is 11.4 Å². The van der Waals surface area contributed by atoms with Crippen LogP contribution >= 0.6 is 0 Å². The highest BCUT2D eigenvalue weighted by Gasteiger charge is 2.43. The number of nitrogens with one attached hydrogen (secondary N) is 2. The zero-order chi connectivity index (χ0) is 28.8. The van der Waals surface area contributed by atoms with Crippen molar-refractivity contribution in [3.63, 3.8) is 0 Å². The largest absolute Gasteiger partial charge is 0.488 e. The summed E-state index contributed by atoms with van der Waals surface area (Å²) in [6, 6.07) is 2.82. The van der Waals surface area contributed by atoms with E-state index in [9.17, 15) is 14.3 Å². The quantitative estimate of drug-likeness (QED) is 0.378. The fraction of sp³-hybridized carbons (Fsp3) is 0.577. The molecule has 2 aliphatic rings. The van der Waals surface area contributed by atoms with Crippen LogP contribution in [-0.4, -0.2) is 76.1 Å². The molecule has 0 saturated carbocycles. The van der Waals surface area contributed by atoms with Crippen molar-refractivity contribution in [3.05, 3.63) is 40.4 Å². The average Bonchev–Trinajstić information content (AvgIpc) is 3.48. The monoisotopic (exact) mass is 559 g/mol. The van der Waals surface area contributed by atoms with Crippen LogP contribution in [0.15, 0.2) is 23.1 Å². The summed E-state index contributed by atoms with van der Waals surface area (Å²) in [6.07, 6.45) is 5.01. The number of aliphatic hydroxyl groups is 1. The van der Waals surface area contributed by atoms with E-state index in [0.717, 1.165) is 53.9 Å². The van der Waals surface area contributed by atoms with Gasteiger partial charge >= 0.3 is 5.69 Å². The van der Waals surface area contributed by atoms with Crippen LogP contribution in [0.4, 0.5) is 26.2 Å². The zero-order valence-electron chi connectivity index (χ0n) is 23.3. The molecule has 0 unspecified atom stereocenters. The Morgan fingerprint density at radius 1 is 1.23 bits per heavy atom. The lowest BCUT2D eigenvalue weighted by Gasteiger charge is -2.47. The van der Waals surface area contributed by atoms with Crippen LogP contribution < -0.4 is 21.1 Å². The second-order valence-corrected chi connectivity index (χ2v) is 11.8. The molecule has 0 aliphatic carbocycles. The molecule has 12 nitrogen and oxygen atoms in total. The fourth-order valence-corrected chi connectivity index (χ4v) is 5.60. The SMILES string of the molecule is Cn1nnn(-c2cc(Nc3ncc(F)c(N[C@@H]4C[C@H]5CCCN5C(C)(C)C4)n3)c(F)cc2OCC(C)(C)O)c1=O. The van der Waals surface area contributed by atoms with Crippen molar-refractivity contribution in [2.45, 2.75) is 76.6 Å². The van der Waals surface area contributed by atoms with E-state index in [1.54, 1.807) is 0 Å². The Kier molecular flexibility index (Phi) is 7.25. The van der Waals surface area contributed by atoms with Gasteiger partial charge in [0, 0.05) is 30.7 Å². The van der Waals surface area contributed by atoms with Crippen molar-refractivity contribution >= 4 is 17.5 Å². The molecule has 4 heterocycles. The van der Waals surface area contributed by atoms with E-state index in [1.165, 1.54) is 27.0 Å². The molecule has 14 heteroatoms. The number of halogens is 2. The first-order chi connectivity index (χ1) is 18.8. The minimum Gasteiger partial charge on any atom is -0.488 e. The molecule has 2 fully saturated rings. The van der Waals surface area contributed by atoms with Gasteiger partial charge < -0.3 is 20.5 Å². The third-order valence-corrected chi connectivity index (χ3v) is 7.37. The van der Waals surface area contributed by atoms with Gasteiger partial charge in [0.1, 0.15) is 18.0 Å². The number of hydrogen-bond acceptors (Lipinski definition) is 10. The predicted octanol–water partition coefficient (Wildman–Crippen LogP) is 2.74. The van der Waals surface area contributed by atoms with E-state index >= 15 is 4.39 Å². The van der Waals surface area contributed by atoms with Crippen LogP contribution in [0.2, 0.25) is 0 Å². The first-order valence-electron chi connectivity index (χ1n) is 13.3. The minimum absolute atomic E-state index is 0.0191. The van der Waals surface area contributed by atoms with Gasteiger partial charge in [-0.15, -0.1) is 0 Å². The Balaban J connectivity index is 1.42. The van der Waals surface area contributed by atoms with Crippen molar-refractivity contribution < 1.29 is 18.6 Å². The van der Waals surface area contributed by atoms with Gasteiger partial charge in [0.25, 0.3) is 0 Å². The summed E-state index contributed by atoms with van der Waals surface area (Å²) in [4.78, 5) is 23.4. The van der Waals surface area contributed by atoms with Gasteiger partial charge in [-0.2, -0.15) is 14.3 Å². The number of hydrogen-bond donors (Lipinski definition) is 3. The molecule has 0 spiro atoms. The molecule has 216 valence electrons. The highest BCUT2D eigenvalue weighted by Crippen LogP contribution is 2.38. The molecule has 2 atom stereocenters. The summed E-state index contributed by atoms with van der Waals surface area (Å²) < 4.78 is 37.6. The molecule has 0 bridgehead atoms. The smallest absolute Gasteiger partial charge is 0.368 e. The topological polar surface area (TPSA) is 135 Å². The minimum atomic E-state index is -1.22. The Bertz CT molecular complexity index is 1450. The second-order valence-electron chi connectivity index (χ2n) is 11.8. The maximum atomic E-state index is 15.2. The number of aryl methyl sites for hydroxylation is 1. The lowest BCUT2D eigenvalue weighted by Crippen LogP contribution is -2.55. The number of fused-ring (bicyclic) bond motifs is 1. The van der Waals surface area contributed by atoms with Gasteiger partial charge in [-0.1, -0.05) is 0 Å². The highest BCUT2D eigenvalue weighted by atomic mass is 19.1. The van der Waals surface area contributed by atoms with Gasteiger partial charge in [-0.05, 0) is 76.4 Å². The van der Waals surface area contributed by atoms with Crippen molar-refractivity contribution in [2.24, 2.45) is 7.05 Å². The molecular weight excluding hydrogens is 524 g/mol. The second kappa shape index (κ2) is 10.4. The third-order valence-electron chi connectivity index (χ3n) is 7.37. The summed E-state index contributed by atoms with van der Waals surface area (Å²) in [7, 11) is 1.42. The van der Waals surface area contributed by atoms with Crippen molar-refractivity contribution in [1.82, 2.24) is 34.7 Å². The van der Waals surface area contributed by atoms with Gasteiger partial charge in [-0.3, -0.25) is 4.90 Å². The first-order valence-corrected chi connectivity index (χ1v) is 13.3. The van der Waals surface area contributed by atoms with E-state index in [-0.39, 0.29) is 47.1 Å². The molecule has 3 N–H and O–H groups in total. The molecule has 2 aliphatic heterocycles. The molecule has 5 rings (SSSR count). The first kappa shape index (κ1) is 27.9. The maximum Gasteiger partial charge on any atom is 0.368 e. The van der Waals surface area contributed by atoms with Crippen molar-refractivity contribution in [1.29, 1.82) is 0 Å². The Morgan fingerprint density at radius 3 is 2.70 bits per heavy atom. The van der Waals surface area contributed by atoms with E-state index in [0.29, 0.717) is 6.04 Å². The van der Waals surface area contributed by atoms with Crippen LogP contribution in [-0.2, 0) is 7.05 Å². The molecule has 2 saturated heterocycles. The van der Waals surface area contributed by atoms with Crippen LogP contribution in [0, 0.1) is 11.6 Å². The van der Waals surface area contributed by atoms with Crippen LogP contribution in [0.5, 0.6) is 5.75 Å². The van der Waals surface area contributed by atoms with Gasteiger partial charge in [0.05, 0.1) is 17.5 Å². The Morgan fingerprint density at radius 2 is 2.00 bits per heavy atom. The molecule has 0 radical (unpaired) electrons. The molecule has 0 amide bonds. The van der Waals surface area contributed by atoms with E-state index in [2.05, 4.69) is 49.8 Å². The number of anilines is 3. The van der Waals surface area contributed by atoms with E-state index in [4.69, 9.17) is 4.74 Å². The standard InChI is InChI=1S/C26H35F2N9O3/c1-25(2)12-15(9-16-7-6-8-36(16)25)30-22-18(28)13-29-23(32-22)31-19-11-20(37-24(38)35(5)33-34-37)21(10-17(19)27)40-14-26(3,4)39/h10-11,13,15-16,39H,6-9,12,14H2,1-5H3,(H2,29,30,31,32)/t15-,16-/m1/s1. The lowest BCUT2D eigenvalue weighted by atomic mass is 9.84. The fourth-order valence-electron chi connectivity index (χ4n) is 5.60. The number of ether oxygens (including phenoxy) is 1. The van der Waals surface area contributed by atoms with Crippen LogP contribution in [0.25, 0.3) is 5.69 Å². The summed E-state index contributed by atoms with van der Waals surface area (Å²) in [6.45, 7) is 8.39. The van der Waals surface area contributed by atoms with E-state index < -0.39 is 22.9 Å². The third kappa shape index (κ3) is 5.77. The normalized spacial score (nSPS) is 20.8. The van der Waals surface area contributed by atoms with Gasteiger partial charge in [-0.25, -0.2) is 18.6 Å². The Hall–Kier alpha value is -3.65. The number of piperidine rings is 1.